The minimum Gasteiger partial charge on any atom is -0.481 e. The molecule has 0 saturated heterocycles. The Bertz CT molecular complexity index is 1590. The molecular weight excluding hydrogens is 632 g/mol. The third-order valence-electron chi connectivity index (χ3n) is 7.73. The van der Waals surface area contributed by atoms with Crippen LogP contribution in [-0.4, -0.2) is 76.6 Å². The predicted molar refractivity (Wildman–Crippen MR) is 182 cm³/mol. The maximum absolute atomic E-state index is 13.8. The van der Waals surface area contributed by atoms with Gasteiger partial charge in [0.25, 0.3) is 0 Å². The topological polar surface area (TPSA) is 222 Å². The van der Waals surface area contributed by atoms with E-state index in [0.29, 0.717) is 12.0 Å². The Morgan fingerprint density at radius 3 is 2.06 bits per heavy atom. The van der Waals surface area contributed by atoms with Gasteiger partial charge in [-0.25, -0.2) is 4.79 Å². The van der Waals surface area contributed by atoms with Crippen molar-refractivity contribution >= 4 is 46.6 Å². The van der Waals surface area contributed by atoms with Crippen LogP contribution in [0.1, 0.15) is 57.6 Å². The van der Waals surface area contributed by atoms with E-state index >= 15 is 0 Å². The SMILES string of the molecule is CCCCOC(=O)N[C@@H](Cc1c[nH]c2ccccc12)C(=O)N[C@@H](CC(C)C)C(=O)N[C@@H](CC(=O)O)C(=O)N[C@@H](Cc1ccccc1)C(N)=O. The van der Waals surface area contributed by atoms with Crippen molar-refractivity contribution in [2.45, 2.75) is 83.5 Å². The van der Waals surface area contributed by atoms with E-state index in [2.05, 4.69) is 26.3 Å². The molecule has 0 aliphatic rings. The summed E-state index contributed by atoms with van der Waals surface area (Å²) in [5.74, 6) is -4.78. The third kappa shape index (κ3) is 12.3. The summed E-state index contributed by atoms with van der Waals surface area (Å²) in [4.78, 5) is 80.3. The molecule has 49 heavy (non-hydrogen) atoms. The highest BCUT2D eigenvalue weighted by Gasteiger charge is 2.33. The highest BCUT2D eigenvalue weighted by molar-refractivity contribution is 5.96. The van der Waals surface area contributed by atoms with Gasteiger partial charge in [0.1, 0.15) is 24.2 Å². The number of hydrogen-bond acceptors (Lipinski definition) is 7. The first kappa shape index (κ1) is 38.1. The van der Waals surface area contributed by atoms with Crippen LogP contribution in [0, 0.1) is 5.92 Å². The summed E-state index contributed by atoms with van der Waals surface area (Å²) in [7, 11) is 0. The fourth-order valence-electron chi connectivity index (χ4n) is 5.20. The van der Waals surface area contributed by atoms with Gasteiger partial charge in [-0.2, -0.15) is 0 Å². The van der Waals surface area contributed by atoms with E-state index in [4.69, 9.17) is 10.5 Å². The molecule has 0 unspecified atom stereocenters. The number of aliphatic carboxylic acids is 1. The number of carbonyl (C=O) groups excluding carboxylic acids is 5. The van der Waals surface area contributed by atoms with Gasteiger partial charge in [0, 0.05) is 29.9 Å². The summed E-state index contributed by atoms with van der Waals surface area (Å²) in [6, 6.07) is 11.1. The third-order valence-corrected chi connectivity index (χ3v) is 7.73. The summed E-state index contributed by atoms with van der Waals surface area (Å²) in [6.07, 6.45) is 1.82. The summed E-state index contributed by atoms with van der Waals surface area (Å²) < 4.78 is 5.24. The summed E-state index contributed by atoms with van der Waals surface area (Å²) in [5.41, 5.74) is 7.81. The van der Waals surface area contributed by atoms with E-state index in [9.17, 15) is 33.9 Å². The lowest BCUT2D eigenvalue weighted by molar-refractivity contribution is -0.141. The number of fused-ring (bicyclic) bond motifs is 1. The number of hydrogen-bond donors (Lipinski definition) is 7. The van der Waals surface area contributed by atoms with E-state index < -0.39 is 66.3 Å². The Morgan fingerprint density at radius 1 is 0.796 bits per heavy atom. The zero-order chi connectivity index (χ0) is 35.9. The number of para-hydroxylation sites is 1. The molecule has 14 nitrogen and oxygen atoms in total. The molecule has 5 amide bonds. The molecule has 0 saturated carbocycles. The Hall–Kier alpha value is -5.40. The van der Waals surface area contributed by atoms with E-state index in [-0.39, 0.29) is 31.8 Å². The average molecular weight is 679 g/mol. The van der Waals surface area contributed by atoms with Crippen LogP contribution in [0.4, 0.5) is 4.79 Å². The van der Waals surface area contributed by atoms with Gasteiger partial charge in [-0.3, -0.25) is 24.0 Å². The van der Waals surface area contributed by atoms with Gasteiger partial charge in [0.15, 0.2) is 0 Å². The number of aromatic amines is 1. The first-order valence-electron chi connectivity index (χ1n) is 16.3. The van der Waals surface area contributed by atoms with Gasteiger partial charge < -0.3 is 41.8 Å². The Kier molecular flexibility index (Phi) is 14.6. The van der Waals surface area contributed by atoms with Gasteiger partial charge >= 0.3 is 12.1 Å². The molecule has 0 fully saturated rings. The van der Waals surface area contributed by atoms with Crippen LogP contribution in [0.2, 0.25) is 0 Å². The number of benzene rings is 2. The second kappa shape index (κ2) is 18.8. The van der Waals surface area contributed by atoms with Gasteiger partial charge in [-0.05, 0) is 36.0 Å². The largest absolute Gasteiger partial charge is 0.481 e. The van der Waals surface area contributed by atoms with Crippen LogP contribution < -0.4 is 27.0 Å². The van der Waals surface area contributed by atoms with Crippen LogP contribution in [0.5, 0.6) is 0 Å². The smallest absolute Gasteiger partial charge is 0.407 e. The molecule has 8 N–H and O–H groups in total. The molecule has 0 bridgehead atoms. The van der Waals surface area contributed by atoms with Crippen LogP contribution in [0.3, 0.4) is 0 Å². The molecule has 3 rings (SSSR count). The van der Waals surface area contributed by atoms with Gasteiger partial charge in [0.2, 0.25) is 23.6 Å². The minimum atomic E-state index is -1.59. The fraction of sp³-hybridized carbons (Fsp3) is 0.429. The number of carboxylic acids is 1. The second-order valence-corrected chi connectivity index (χ2v) is 12.3. The minimum absolute atomic E-state index is 0.0490. The molecule has 1 heterocycles. The molecule has 0 aliphatic carbocycles. The Balaban J connectivity index is 1.80. The monoisotopic (exact) mass is 678 g/mol. The zero-order valence-electron chi connectivity index (χ0n) is 28.0. The number of nitrogens with one attached hydrogen (secondary N) is 5. The molecule has 264 valence electrons. The molecule has 14 heteroatoms. The lowest BCUT2D eigenvalue weighted by Gasteiger charge is -2.26. The number of unbranched alkanes of at least 4 members (excludes halogenated alkanes) is 1. The highest BCUT2D eigenvalue weighted by Crippen LogP contribution is 2.19. The van der Waals surface area contributed by atoms with Crippen molar-refractivity contribution in [1.82, 2.24) is 26.3 Å². The molecule has 3 aromatic rings. The number of ether oxygens (including phenoxy) is 1. The maximum atomic E-state index is 13.8. The number of carbonyl (C=O) groups is 6. The van der Waals surface area contributed by atoms with Crippen LogP contribution in [0.25, 0.3) is 10.9 Å². The number of rotatable bonds is 19. The summed E-state index contributed by atoms with van der Waals surface area (Å²) in [5, 5.41) is 20.6. The normalized spacial score (nSPS) is 13.5. The number of amides is 5. The van der Waals surface area contributed by atoms with Crippen molar-refractivity contribution in [1.29, 1.82) is 0 Å². The summed E-state index contributed by atoms with van der Waals surface area (Å²) >= 11 is 0. The van der Waals surface area contributed by atoms with E-state index in [1.807, 2.05) is 45.0 Å². The van der Waals surface area contributed by atoms with Crippen LogP contribution in [-0.2, 0) is 41.6 Å². The van der Waals surface area contributed by atoms with Gasteiger partial charge in [-0.1, -0.05) is 75.7 Å². The average Bonchev–Trinajstić information content (AvgIpc) is 3.46. The Labute approximate surface area is 284 Å². The standard InChI is InChI=1S/C35H46N6O8/c1-4-5-15-49-35(48)41-28(18-23-20-37-25-14-10-9-13-24(23)25)33(46)39-27(16-21(2)3)32(45)40-29(19-30(42)43)34(47)38-26(31(36)44)17-22-11-7-6-8-12-22/h6-14,20-21,26-29,37H,4-5,15-19H2,1-3H3,(H2,36,44)(H,38,47)(H,39,46)(H,40,45)(H,41,48)(H,42,43)/t26-,27-,28-,29-/m0/s1. The van der Waals surface area contributed by atoms with Crippen molar-refractivity contribution in [3.63, 3.8) is 0 Å². The molecule has 0 spiro atoms. The van der Waals surface area contributed by atoms with Gasteiger partial charge in [0.05, 0.1) is 13.0 Å². The number of aromatic nitrogens is 1. The van der Waals surface area contributed by atoms with Crippen LogP contribution in [0.15, 0.2) is 60.8 Å². The van der Waals surface area contributed by atoms with Crippen molar-refractivity contribution in [2.75, 3.05) is 6.61 Å². The molecular formula is C35H46N6O8. The fourth-order valence-corrected chi connectivity index (χ4v) is 5.20. The molecule has 0 radical (unpaired) electrons. The lowest BCUT2D eigenvalue weighted by Crippen LogP contribution is -2.59. The van der Waals surface area contributed by atoms with Crippen molar-refractivity contribution < 1.29 is 38.6 Å². The van der Waals surface area contributed by atoms with Crippen molar-refractivity contribution in [3.8, 4) is 0 Å². The number of alkyl carbamates (subject to hydrolysis) is 1. The maximum Gasteiger partial charge on any atom is 0.407 e. The van der Waals surface area contributed by atoms with Crippen molar-refractivity contribution in [3.05, 3.63) is 71.9 Å². The first-order chi connectivity index (χ1) is 23.4. The van der Waals surface area contributed by atoms with E-state index in [1.54, 1.807) is 36.5 Å². The number of carboxylic acid groups (broad SMARTS) is 1. The van der Waals surface area contributed by atoms with Crippen molar-refractivity contribution in [2.24, 2.45) is 11.7 Å². The zero-order valence-corrected chi connectivity index (χ0v) is 28.0. The summed E-state index contributed by atoms with van der Waals surface area (Å²) in [6.45, 7) is 5.75. The van der Waals surface area contributed by atoms with E-state index in [0.717, 1.165) is 22.9 Å². The molecule has 0 aliphatic heterocycles. The number of H-pyrrole nitrogens is 1. The number of primary amides is 1. The lowest BCUT2D eigenvalue weighted by atomic mass is 10.00. The molecule has 4 atom stereocenters. The second-order valence-electron chi connectivity index (χ2n) is 12.3. The van der Waals surface area contributed by atoms with Crippen LogP contribution >= 0.6 is 0 Å². The first-order valence-corrected chi connectivity index (χ1v) is 16.3. The number of nitrogens with two attached hydrogens (primary N) is 1. The van der Waals surface area contributed by atoms with Gasteiger partial charge in [-0.15, -0.1) is 0 Å². The highest BCUT2D eigenvalue weighted by atomic mass is 16.5. The predicted octanol–water partition coefficient (Wildman–Crippen LogP) is 2.31. The quantitative estimate of drug-likeness (QED) is 0.0930. The molecule has 1 aromatic heterocycles. The molecule has 2 aromatic carbocycles. The Morgan fingerprint density at radius 2 is 1.41 bits per heavy atom. The van der Waals surface area contributed by atoms with E-state index in [1.165, 1.54) is 0 Å².